The van der Waals surface area contributed by atoms with Gasteiger partial charge in [-0.1, -0.05) is 35.2 Å². The smallest absolute Gasteiger partial charge is 0.0808 e. The van der Waals surface area contributed by atoms with Crippen molar-refractivity contribution in [2.45, 2.75) is 63.1 Å². The fourth-order valence-electron chi connectivity index (χ4n) is 2.72. The van der Waals surface area contributed by atoms with E-state index in [1.807, 2.05) is 0 Å². The zero-order valence-corrected chi connectivity index (χ0v) is 11.6. The quantitative estimate of drug-likeness (QED) is 0.736. The third-order valence-electron chi connectivity index (χ3n) is 3.86. The van der Waals surface area contributed by atoms with Crippen LogP contribution in [0.2, 0.25) is 0 Å². The Bertz CT molecular complexity index is 196. The summed E-state index contributed by atoms with van der Waals surface area (Å²) in [4.78, 5) is 0. The second-order valence-electron chi connectivity index (χ2n) is 5.18. The largest absolute Gasteiger partial charge is 0.376 e. The maximum absolute atomic E-state index is 6.19. The molecule has 2 nitrogen and oxygen atoms in total. The van der Waals surface area contributed by atoms with Crippen LogP contribution in [0.3, 0.4) is 0 Å². The van der Waals surface area contributed by atoms with Crippen molar-refractivity contribution in [1.29, 1.82) is 0 Å². The van der Waals surface area contributed by atoms with E-state index >= 15 is 0 Å². The van der Waals surface area contributed by atoms with Gasteiger partial charge in [0.2, 0.25) is 0 Å². The lowest BCUT2D eigenvalue weighted by Crippen LogP contribution is -2.40. The van der Waals surface area contributed by atoms with Gasteiger partial charge < -0.3 is 9.47 Å². The molecule has 3 heteroatoms. The normalized spacial score (nSPS) is 30.2. The average Bonchev–Trinajstić information content (AvgIpc) is 2.39. The average molecular weight is 291 g/mol. The lowest BCUT2D eigenvalue weighted by atomic mass is 9.86. The summed E-state index contributed by atoms with van der Waals surface area (Å²) in [5.74, 6) is 0. The summed E-state index contributed by atoms with van der Waals surface area (Å²) < 4.78 is 11.9. The van der Waals surface area contributed by atoms with Crippen LogP contribution in [0, 0.1) is 0 Å². The first-order valence-corrected chi connectivity index (χ1v) is 7.78. The van der Waals surface area contributed by atoms with Gasteiger partial charge in [-0.2, -0.15) is 0 Å². The van der Waals surface area contributed by atoms with E-state index in [2.05, 4.69) is 15.9 Å². The van der Waals surface area contributed by atoms with Crippen molar-refractivity contribution in [3.05, 3.63) is 0 Å². The van der Waals surface area contributed by atoms with Gasteiger partial charge in [0.25, 0.3) is 0 Å². The molecule has 1 saturated heterocycles. The van der Waals surface area contributed by atoms with E-state index in [1.54, 1.807) is 0 Å². The molecule has 0 aromatic carbocycles. The Balaban J connectivity index is 1.77. The van der Waals surface area contributed by atoms with Gasteiger partial charge in [0.05, 0.1) is 18.3 Å². The minimum atomic E-state index is 0.110. The van der Waals surface area contributed by atoms with Crippen molar-refractivity contribution in [2.24, 2.45) is 0 Å². The van der Waals surface area contributed by atoms with E-state index in [0.29, 0.717) is 6.10 Å². The van der Waals surface area contributed by atoms with Crippen molar-refractivity contribution in [1.82, 2.24) is 0 Å². The maximum Gasteiger partial charge on any atom is 0.0808 e. The Morgan fingerprint density at radius 2 is 1.94 bits per heavy atom. The molecule has 1 atom stereocenters. The first-order valence-electron chi connectivity index (χ1n) is 6.66. The molecule has 2 rings (SSSR count). The molecule has 0 aromatic heterocycles. The van der Waals surface area contributed by atoms with Crippen molar-refractivity contribution < 1.29 is 9.47 Å². The van der Waals surface area contributed by atoms with Gasteiger partial charge in [0.15, 0.2) is 0 Å². The summed E-state index contributed by atoms with van der Waals surface area (Å²) >= 11 is 3.63. The highest BCUT2D eigenvalue weighted by molar-refractivity contribution is 9.09. The van der Waals surface area contributed by atoms with Crippen LogP contribution < -0.4 is 0 Å². The Morgan fingerprint density at radius 1 is 1.12 bits per heavy atom. The Morgan fingerprint density at radius 3 is 2.56 bits per heavy atom. The molecule has 0 radical (unpaired) electrons. The first-order chi connectivity index (χ1) is 7.85. The van der Waals surface area contributed by atoms with E-state index < -0.39 is 0 Å². The van der Waals surface area contributed by atoms with E-state index in [4.69, 9.17) is 9.47 Å². The van der Waals surface area contributed by atoms with E-state index in [9.17, 15) is 0 Å². The van der Waals surface area contributed by atoms with Crippen molar-refractivity contribution in [3.8, 4) is 0 Å². The molecule has 0 spiro atoms. The second-order valence-corrected chi connectivity index (χ2v) is 5.74. The molecule has 2 fully saturated rings. The highest BCUT2D eigenvalue weighted by Gasteiger charge is 2.32. The molecule has 1 saturated carbocycles. The van der Waals surface area contributed by atoms with Crippen LogP contribution in [0.5, 0.6) is 0 Å². The summed E-state index contributed by atoms with van der Waals surface area (Å²) in [6.45, 7) is 1.72. The number of hydrogen-bond acceptors (Lipinski definition) is 2. The van der Waals surface area contributed by atoms with Crippen LogP contribution in [0.25, 0.3) is 0 Å². The zero-order valence-electron chi connectivity index (χ0n) is 10.0. The molecule has 0 amide bonds. The highest BCUT2D eigenvalue weighted by atomic mass is 79.9. The third-order valence-corrected chi connectivity index (χ3v) is 4.88. The van der Waals surface area contributed by atoms with Crippen LogP contribution in [0.15, 0.2) is 0 Å². The van der Waals surface area contributed by atoms with Gasteiger partial charge in [-0.3, -0.25) is 0 Å². The van der Waals surface area contributed by atoms with E-state index in [1.165, 1.54) is 51.4 Å². The lowest BCUT2D eigenvalue weighted by Gasteiger charge is -2.37. The third kappa shape index (κ3) is 3.44. The molecule has 1 heterocycles. The van der Waals surface area contributed by atoms with Gasteiger partial charge in [-0.15, -0.1) is 0 Å². The van der Waals surface area contributed by atoms with Gasteiger partial charge in [-0.05, 0) is 32.1 Å². The number of halogens is 1. The van der Waals surface area contributed by atoms with E-state index in [0.717, 1.165) is 18.5 Å². The van der Waals surface area contributed by atoms with E-state index in [-0.39, 0.29) is 5.60 Å². The standard InChI is InChI=1S/C13H23BrO2/c14-11-13(7-3-1-4-8-13)16-10-12-6-2-5-9-15-12/h12H,1-11H2. The summed E-state index contributed by atoms with van der Waals surface area (Å²) in [5.41, 5.74) is 0.110. The maximum atomic E-state index is 6.19. The molecule has 0 bridgehead atoms. The Labute approximate surface area is 107 Å². The SMILES string of the molecule is BrCC1(OCC2CCCCO2)CCCCC1. The van der Waals surface area contributed by atoms with Crippen molar-refractivity contribution in [3.63, 3.8) is 0 Å². The molecular formula is C13H23BrO2. The molecule has 94 valence electrons. The summed E-state index contributed by atoms with van der Waals surface area (Å²) in [7, 11) is 0. The lowest BCUT2D eigenvalue weighted by molar-refractivity contribution is -0.109. The predicted octanol–water partition coefficient (Wildman–Crippen LogP) is 3.67. The Hall–Kier alpha value is 0.400. The Kier molecular flexibility index (Phi) is 5.11. The molecule has 1 aliphatic carbocycles. The molecular weight excluding hydrogens is 268 g/mol. The van der Waals surface area contributed by atoms with Crippen LogP contribution in [-0.2, 0) is 9.47 Å². The van der Waals surface area contributed by atoms with Crippen LogP contribution in [-0.4, -0.2) is 30.2 Å². The number of rotatable bonds is 4. The molecule has 0 aromatic rings. The first kappa shape index (κ1) is 12.8. The van der Waals surface area contributed by atoms with Gasteiger partial charge in [-0.25, -0.2) is 0 Å². The fraction of sp³-hybridized carbons (Fsp3) is 1.00. The topological polar surface area (TPSA) is 18.5 Å². The van der Waals surface area contributed by atoms with Gasteiger partial charge in [0.1, 0.15) is 0 Å². The summed E-state index contributed by atoms with van der Waals surface area (Å²) in [6.07, 6.45) is 10.5. The van der Waals surface area contributed by atoms with Crippen LogP contribution in [0.4, 0.5) is 0 Å². The highest BCUT2D eigenvalue weighted by Crippen LogP contribution is 2.33. The summed E-state index contributed by atoms with van der Waals surface area (Å²) in [5, 5.41) is 0.979. The minimum Gasteiger partial charge on any atom is -0.376 e. The van der Waals surface area contributed by atoms with Crippen LogP contribution in [0.1, 0.15) is 51.4 Å². The summed E-state index contributed by atoms with van der Waals surface area (Å²) in [6, 6.07) is 0. The molecule has 1 aliphatic heterocycles. The molecule has 16 heavy (non-hydrogen) atoms. The molecule has 2 aliphatic rings. The van der Waals surface area contributed by atoms with Gasteiger partial charge >= 0.3 is 0 Å². The molecule has 0 N–H and O–H groups in total. The van der Waals surface area contributed by atoms with Crippen molar-refractivity contribution in [2.75, 3.05) is 18.5 Å². The molecule has 1 unspecified atom stereocenters. The number of ether oxygens (including phenoxy) is 2. The van der Waals surface area contributed by atoms with Crippen LogP contribution >= 0.6 is 15.9 Å². The predicted molar refractivity (Wildman–Crippen MR) is 69.2 cm³/mol. The minimum absolute atomic E-state index is 0.110. The van der Waals surface area contributed by atoms with Crippen molar-refractivity contribution >= 4 is 15.9 Å². The fourth-order valence-corrected chi connectivity index (χ4v) is 3.44. The number of alkyl halides is 1. The number of hydrogen-bond donors (Lipinski definition) is 0. The zero-order chi connectivity index (χ0) is 11.3. The van der Waals surface area contributed by atoms with Gasteiger partial charge in [0, 0.05) is 11.9 Å². The monoisotopic (exact) mass is 290 g/mol. The second kappa shape index (κ2) is 6.36.